The van der Waals surface area contributed by atoms with E-state index in [1.807, 2.05) is 0 Å². The van der Waals surface area contributed by atoms with Crippen LogP contribution in [0.2, 0.25) is 0 Å². The topological polar surface area (TPSA) is 69.6 Å². The van der Waals surface area contributed by atoms with Crippen LogP contribution in [0.25, 0.3) is 0 Å². The molecule has 1 saturated heterocycles. The SMILES string of the molecule is Cc1cccc(O)c1NS(=O)(=O)N1CCCCC1. The van der Waals surface area contributed by atoms with Crippen LogP contribution >= 0.6 is 0 Å². The molecule has 18 heavy (non-hydrogen) atoms. The van der Waals surface area contributed by atoms with Gasteiger partial charge < -0.3 is 5.11 Å². The standard InChI is InChI=1S/C12H18N2O3S/c1-10-6-5-7-11(15)12(10)13-18(16,17)14-8-3-2-4-9-14/h5-7,13,15H,2-4,8-9H2,1H3. The third-order valence-electron chi connectivity index (χ3n) is 3.14. The normalized spacial score (nSPS) is 17.6. The predicted molar refractivity (Wildman–Crippen MR) is 70.8 cm³/mol. The highest BCUT2D eigenvalue weighted by atomic mass is 32.2. The average molecular weight is 270 g/mol. The molecule has 1 fully saturated rings. The lowest BCUT2D eigenvalue weighted by Gasteiger charge is -2.26. The number of rotatable bonds is 3. The molecule has 0 spiro atoms. The van der Waals surface area contributed by atoms with Crippen molar-refractivity contribution in [3.05, 3.63) is 23.8 Å². The molecule has 100 valence electrons. The molecule has 0 aromatic heterocycles. The first-order chi connectivity index (χ1) is 8.50. The minimum Gasteiger partial charge on any atom is -0.506 e. The van der Waals surface area contributed by atoms with E-state index in [2.05, 4.69) is 4.72 Å². The van der Waals surface area contributed by atoms with Crippen LogP contribution in [0.3, 0.4) is 0 Å². The van der Waals surface area contributed by atoms with Gasteiger partial charge in [0.05, 0.1) is 5.69 Å². The quantitative estimate of drug-likeness (QED) is 0.823. The van der Waals surface area contributed by atoms with Gasteiger partial charge in [-0.25, -0.2) is 0 Å². The van der Waals surface area contributed by atoms with Crippen LogP contribution in [0, 0.1) is 6.92 Å². The number of hydrogen-bond acceptors (Lipinski definition) is 3. The molecule has 1 aromatic rings. The van der Waals surface area contributed by atoms with Crippen LogP contribution in [-0.4, -0.2) is 30.9 Å². The Morgan fingerprint density at radius 3 is 2.50 bits per heavy atom. The van der Waals surface area contributed by atoms with Crippen molar-refractivity contribution in [1.82, 2.24) is 4.31 Å². The number of piperidine rings is 1. The first-order valence-electron chi connectivity index (χ1n) is 6.07. The second kappa shape index (κ2) is 5.16. The minimum atomic E-state index is -3.56. The number of phenols is 1. The van der Waals surface area contributed by atoms with Crippen molar-refractivity contribution < 1.29 is 13.5 Å². The number of aryl methyl sites for hydroxylation is 1. The largest absolute Gasteiger partial charge is 0.506 e. The summed E-state index contributed by atoms with van der Waals surface area (Å²) in [6, 6.07) is 4.91. The monoisotopic (exact) mass is 270 g/mol. The predicted octanol–water partition coefficient (Wildman–Crippen LogP) is 1.84. The van der Waals surface area contributed by atoms with Gasteiger partial charge in [0.15, 0.2) is 0 Å². The summed E-state index contributed by atoms with van der Waals surface area (Å²) in [5.41, 5.74) is 0.971. The Labute approximate surface area is 108 Å². The lowest BCUT2D eigenvalue weighted by molar-refractivity contribution is 0.349. The molecule has 0 saturated carbocycles. The van der Waals surface area contributed by atoms with E-state index in [1.54, 1.807) is 19.1 Å². The summed E-state index contributed by atoms with van der Waals surface area (Å²) >= 11 is 0. The van der Waals surface area contributed by atoms with Gasteiger partial charge in [-0.2, -0.15) is 12.7 Å². The Hall–Kier alpha value is -1.27. The molecular weight excluding hydrogens is 252 g/mol. The Bertz CT molecular complexity index is 502. The highest BCUT2D eigenvalue weighted by Gasteiger charge is 2.25. The number of phenolic OH excluding ortho intramolecular Hbond substituents is 1. The zero-order valence-corrected chi connectivity index (χ0v) is 11.2. The van der Waals surface area contributed by atoms with Crippen LogP contribution < -0.4 is 4.72 Å². The van der Waals surface area contributed by atoms with E-state index >= 15 is 0 Å². The molecule has 0 radical (unpaired) electrons. The van der Waals surface area contributed by atoms with Gasteiger partial charge in [0.2, 0.25) is 0 Å². The minimum absolute atomic E-state index is 0.0458. The van der Waals surface area contributed by atoms with Gasteiger partial charge in [-0.15, -0.1) is 0 Å². The van der Waals surface area contributed by atoms with Crippen LogP contribution in [0.1, 0.15) is 24.8 Å². The first kappa shape index (κ1) is 13.2. The van der Waals surface area contributed by atoms with Crippen molar-refractivity contribution in [1.29, 1.82) is 0 Å². The molecule has 0 aliphatic carbocycles. The number of nitrogens with one attached hydrogen (secondary N) is 1. The summed E-state index contributed by atoms with van der Waals surface area (Å²) in [6.07, 6.45) is 2.85. The molecular formula is C12H18N2O3S. The number of para-hydroxylation sites is 1. The summed E-state index contributed by atoms with van der Waals surface area (Å²) in [5.74, 6) is -0.0458. The maximum atomic E-state index is 12.2. The Morgan fingerprint density at radius 2 is 1.89 bits per heavy atom. The fourth-order valence-electron chi connectivity index (χ4n) is 2.08. The number of benzene rings is 1. The van der Waals surface area contributed by atoms with E-state index < -0.39 is 10.2 Å². The third kappa shape index (κ3) is 2.76. The van der Waals surface area contributed by atoms with Gasteiger partial charge in [-0.1, -0.05) is 18.6 Å². The molecule has 2 N–H and O–H groups in total. The Kier molecular flexibility index (Phi) is 3.77. The molecule has 1 aromatic carbocycles. The summed E-state index contributed by atoms with van der Waals surface area (Å²) in [5, 5.41) is 9.71. The van der Waals surface area contributed by atoms with E-state index in [9.17, 15) is 13.5 Å². The highest BCUT2D eigenvalue weighted by Crippen LogP contribution is 2.28. The van der Waals surface area contributed by atoms with E-state index in [4.69, 9.17) is 0 Å². The van der Waals surface area contributed by atoms with Crippen molar-refractivity contribution in [3.8, 4) is 5.75 Å². The van der Waals surface area contributed by atoms with E-state index in [0.29, 0.717) is 18.7 Å². The smallest absolute Gasteiger partial charge is 0.301 e. The van der Waals surface area contributed by atoms with E-state index in [-0.39, 0.29) is 11.4 Å². The molecule has 0 bridgehead atoms. The lowest BCUT2D eigenvalue weighted by atomic mass is 10.2. The zero-order chi connectivity index (χ0) is 13.2. The maximum Gasteiger partial charge on any atom is 0.301 e. The Morgan fingerprint density at radius 1 is 1.22 bits per heavy atom. The third-order valence-corrected chi connectivity index (χ3v) is 4.64. The van der Waals surface area contributed by atoms with Crippen molar-refractivity contribution in [2.75, 3.05) is 17.8 Å². The van der Waals surface area contributed by atoms with Gasteiger partial charge in [0, 0.05) is 13.1 Å². The van der Waals surface area contributed by atoms with Gasteiger partial charge in [0.1, 0.15) is 5.75 Å². The Balaban J connectivity index is 2.22. The second-order valence-corrected chi connectivity index (χ2v) is 6.21. The van der Waals surface area contributed by atoms with Gasteiger partial charge in [-0.3, -0.25) is 4.72 Å². The molecule has 1 aliphatic heterocycles. The molecule has 1 aliphatic rings. The molecule has 0 amide bonds. The number of nitrogens with zero attached hydrogens (tertiary/aromatic N) is 1. The molecule has 0 unspecified atom stereocenters. The lowest BCUT2D eigenvalue weighted by Crippen LogP contribution is -2.39. The van der Waals surface area contributed by atoms with Gasteiger partial charge in [0.25, 0.3) is 0 Å². The van der Waals surface area contributed by atoms with E-state index in [0.717, 1.165) is 19.3 Å². The molecule has 0 atom stereocenters. The first-order valence-corrected chi connectivity index (χ1v) is 7.51. The van der Waals surface area contributed by atoms with Crippen molar-refractivity contribution in [2.45, 2.75) is 26.2 Å². The number of hydrogen-bond donors (Lipinski definition) is 2. The number of aromatic hydroxyl groups is 1. The van der Waals surface area contributed by atoms with Crippen molar-refractivity contribution >= 4 is 15.9 Å². The van der Waals surface area contributed by atoms with Crippen molar-refractivity contribution in [3.63, 3.8) is 0 Å². The fourth-order valence-corrected chi connectivity index (χ4v) is 3.48. The fraction of sp³-hybridized carbons (Fsp3) is 0.500. The van der Waals surface area contributed by atoms with E-state index in [1.165, 1.54) is 10.4 Å². The zero-order valence-electron chi connectivity index (χ0n) is 10.4. The van der Waals surface area contributed by atoms with Gasteiger partial charge in [-0.05, 0) is 31.4 Å². The van der Waals surface area contributed by atoms with Crippen LogP contribution in [-0.2, 0) is 10.2 Å². The van der Waals surface area contributed by atoms with Crippen LogP contribution in [0.5, 0.6) is 5.75 Å². The second-order valence-electron chi connectivity index (χ2n) is 4.54. The summed E-state index contributed by atoms with van der Waals surface area (Å²) < 4.78 is 28.2. The summed E-state index contributed by atoms with van der Waals surface area (Å²) in [6.45, 7) is 2.84. The average Bonchev–Trinajstić information content (AvgIpc) is 2.35. The van der Waals surface area contributed by atoms with Crippen molar-refractivity contribution in [2.24, 2.45) is 0 Å². The summed E-state index contributed by atoms with van der Waals surface area (Å²) in [4.78, 5) is 0. The molecule has 6 heteroatoms. The number of anilines is 1. The molecule has 2 rings (SSSR count). The summed E-state index contributed by atoms with van der Waals surface area (Å²) in [7, 11) is -3.56. The highest BCUT2D eigenvalue weighted by molar-refractivity contribution is 7.90. The van der Waals surface area contributed by atoms with Gasteiger partial charge >= 0.3 is 10.2 Å². The molecule has 5 nitrogen and oxygen atoms in total. The maximum absolute atomic E-state index is 12.2. The molecule has 1 heterocycles. The van der Waals surface area contributed by atoms with Crippen LogP contribution in [0.4, 0.5) is 5.69 Å². The van der Waals surface area contributed by atoms with Crippen LogP contribution in [0.15, 0.2) is 18.2 Å².